The van der Waals surface area contributed by atoms with Crippen molar-refractivity contribution in [1.29, 1.82) is 0 Å². The average molecular weight is 269 g/mol. The zero-order valence-electron chi connectivity index (χ0n) is 8.91. The fourth-order valence-electron chi connectivity index (χ4n) is 1.36. The summed E-state index contributed by atoms with van der Waals surface area (Å²) in [5.41, 5.74) is 0. The third kappa shape index (κ3) is 3.39. The lowest BCUT2D eigenvalue weighted by Gasteiger charge is -2.03. The molecule has 2 N–H and O–H groups in total. The van der Waals surface area contributed by atoms with E-state index in [1.54, 1.807) is 6.20 Å². The van der Waals surface area contributed by atoms with Crippen molar-refractivity contribution < 1.29 is 8.42 Å². The molecule has 0 spiro atoms. The SMILES string of the molecule is NS(=O)(=O)CCSc1nncc2ccccc12. The molecule has 5 nitrogen and oxygen atoms in total. The van der Waals surface area contributed by atoms with Crippen LogP contribution in [0.25, 0.3) is 10.8 Å². The van der Waals surface area contributed by atoms with Crippen LogP contribution in [-0.4, -0.2) is 30.1 Å². The summed E-state index contributed by atoms with van der Waals surface area (Å²) in [6, 6.07) is 7.70. The van der Waals surface area contributed by atoms with Gasteiger partial charge in [0.05, 0.1) is 11.9 Å². The molecule has 0 radical (unpaired) electrons. The Labute approximate surface area is 103 Å². The fraction of sp³-hybridized carbons (Fsp3) is 0.200. The number of fused-ring (bicyclic) bond motifs is 1. The van der Waals surface area contributed by atoms with E-state index in [4.69, 9.17) is 5.14 Å². The Morgan fingerprint density at radius 1 is 1.29 bits per heavy atom. The minimum Gasteiger partial charge on any atom is -0.229 e. The van der Waals surface area contributed by atoms with Gasteiger partial charge in [0.15, 0.2) is 0 Å². The van der Waals surface area contributed by atoms with E-state index in [0.717, 1.165) is 15.8 Å². The molecule has 0 atom stereocenters. The Hall–Kier alpha value is -1.18. The average Bonchev–Trinajstić information content (AvgIpc) is 2.28. The predicted octanol–water partition coefficient (Wildman–Crippen LogP) is 1.01. The Bertz CT molecular complexity index is 623. The number of hydrogen-bond donors (Lipinski definition) is 1. The van der Waals surface area contributed by atoms with Gasteiger partial charge >= 0.3 is 0 Å². The van der Waals surface area contributed by atoms with Gasteiger partial charge in [0, 0.05) is 16.5 Å². The first-order valence-corrected chi connectivity index (χ1v) is 7.60. The number of nitrogens with two attached hydrogens (primary N) is 1. The van der Waals surface area contributed by atoms with Crippen molar-refractivity contribution in [3.63, 3.8) is 0 Å². The Balaban J connectivity index is 2.19. The Morgan fingerprint density at radius 2 is 2.06 bits per heavy atom. The second-order valence-electron chi connectivity index (χ2n) is 3.45. The molecule has 17 heavy (non-hydrogen) atoms. The van der Waals surface area contributed by atoms with E-state index in [9.17, 15) is 8.42 Å². The number of hydrogen-bond acceptors (Lipinski definition) is 5. The molecule has 0 amide bonds. The summed E-state index contributed by atoms with van der Waals surface area (Å²) >= 11 is 1.34. The van der Waals surface area contributed by atoms with Gasteiger partial charge in [-0.15, -0.1) is 16.9 Å². The minimum absolute atomic E-state index is 0.0669. The molecule has 2 rings (SSSR count). The first-order chi connectivity index (χ1) is 8.06. The first-order valence-electron chi connectivity index (χ1n) is 4.90. The largest absolute Gasteiger partial charge is 0.229 e. The second-order valence-corrected chi connectivity index (χ2v) is 6.27. The van der Waals surface area contributed by atoms with Crippen LogP contribution in [0.1, 0.15) is 0 Å². The number of benzene rings is 1. The van der Waals surface area contributed by atoms with Gasteiger partial charge in [-0.2, -0.15) is 5.10 Å². The summed E-state index contributed by atoms with van der Waals surface area (Å²) in [4.78, 5) is 0. The molecular formula is C10H11N3O2S2. The smallest absolute Gasteiger partial charge is 0.209 e. The quantitative estimate of drug-likeness (QED) is 0.837. The molecule has 0 saturated carbocycles. The van der Waals surface area contributed by atoms with Crippen molar-refractivity contribution in [2.75, 3.05) is 11.5 Å². The molecule has 0 unspecified atom stereocenters. The summed E-state index contributed by atoms with van der Waals surface area (Å²) in [6.45, 7) is 0. The number of thioether (sulfide) groups is 1. The molecule has 0 aliphatic carbocycles. The van der Waals surface area contributed by atoms with Crippen molar-refractivity contribution in [2.45, 2.75) is 5.03 Å². The molecule has 1 aromatic heterocycles. The van der Waals surface area contributed by atoms with Crippen LogP contribution >= 0.6 is 11.8 Å². The standard InChI is InChI=1S/C10H11N3O2S2/c11-17(14,15)6-5-16-10-9-4-2-1-3-8(9)7-12-13-10/h1-4,7H,5-6H2,(H2,11,14,15). The maximum atomic E-state index is 10.8. The molecule has 0 bridgehead atoms. The summed E-state index contributed by atoms with van der Waals surface area (Å²) in [5.74, 6) is 0.310. The van der Waals surface area contributed by atoms with E-state index in [-0.39, 0.29) is 5.75 Å². The zero-order valence-corrected chi connectivity index (χ0v) is 10.5. The normalized spacial score (nSPS) is 11.8. The van der Waals surface area contributed by atoms with Crippen LogP contribution in [0.4, 0.5) is 0 Å². The lowest BCUT2D eigenvalue weighted by atomic mass is 10.2. The molecule has 7 heteroatoms. The van der Waals surface area contributed by atoms with Crippen molar-refractivity contribution in [1.82, 2.24) is 10.2 Å². The molecule has 90 valence electrons. The van der Waals surface area contributed by atoms with E-state index >= 15 is 0 Å². The third-order valence-corrected chi connectivity index (χ3v) is 4.16. The van der Waals surface area contributed by atoms with Crippen LogP contribution in [0.15, 0.2) is 35.5 Å². The highest BCUT2D eigenvalue weighted by molar-refractivity contribution is 8.00. The van der Waals surface area contributed by atoms with Gasteiger partial charge in [0.2, 0.25) is 10.0 Å². The summed E-state index contributed by atoms with van der Waals surface area (Å²) in [5, 5.41) is 15.5. The first kappa shape index (κ1) is 12.3. The maximum absolute atomic E-state index is 10.8. The van der Waals surface area contributed by atoms with Crippen LogP contribution in [0.3, 0.4) is 0 Å². The summed E-state index contributed by atoms with van der Waals surface area (Å²) in [6.07, 6.45) is 1.68. The Kier molecular flexibility index (Phi) is 3.60. The van der Waals surface area contributed by atoms with Gasteiger partial charge in [-0.1, -0.05) is 24.3 Å². The van der Waals surface area contributed by atoms with Crippen molar-refractivity contribution in [3.8, 4) is 0 Å². The van der Waals surface area contributed by atoms with Crippen molar-refractivity contribution in [2.24, 2.45) is 5.14 Å². The van der Waals surface area contributed by atoms with Gasteiger partial charge < -0.3 is 0 Å². The van der Waals surface area contributed by atoms with E-state index in [2.05, 4.69) is 10.2 Å². The van der Waals surface area contributed by atoms with Gasteiger partial charge in [0.25, 0.3) is 0 Å². The van der Waals surface area contributed by atoms with Crippen LogP contribution in [-0.2, 0) is 10.0 Å². The Morgan fingerprint density at radius 3 is 2.82 bits per heavy atom. The molecule has 0 aliphatic heterocycles. The second kappa shape index (κ2) is 4.99. The monoisotopic (exact) mass is 269 g/mol. The van der Waals surface area contributed by atoms with E-state index in [1.165, 1.54) is 11.8 Å². The highest BCUT2D eigenvalue weighted by Gasteiger charge is 2.06. The third-order valence-electron chi connectivity index (χ3n) is 2.14. The highest BCUT2D eigenvalue weighted by atomic mass is 32.2. The maximum Gasteiger partial charge on any atom is 0.209 e. The van der Waals surface area contributed by atoms with Crippen molar-refractivity contribution in [3.05, 3.63) is 30.5 Å². The van der Waals surface area contributed by atoms with E-state index < -0.39 is 10.0 Å². The molecule has 1 heterocycles. The fourth-order valence-corrected chi connectivity index (χ4v) is 3.27. The summed E-state index contributed by atoms with van der Waals surface area (Å²) in [7, 11) is -3.42. The number of rotatable bonds is 4. The molecular weight excluding hydrogens is 258 g/mol. The highest BCUT2D eigenvalue weighted by Crippen LogP contribution is 2.24. The van der Waals surface area contributed by atoms with Crippen LogP contribution < -0.4 is 5.14 Å². The van der Waals surface area contributed by atoms with Gasteiger partial charge in [-0.3, -0.25) is 0 Å². The van der Waals surface area contributed by atoms with Gasteiger partial charge in [-0.25, -0.2) is 13.6 Å². The molecule has 2 aromatic rings. The lowest BCUT2D eigenvalue weighted by molar-refractivity contribution is 0.599. The van der Waals surface area contributed by atoms with Crippen LogP contribution in [0, 0.1) is 0 Å². The van der Waals surface area contributed by atoms with Crippen LogP contribution in [0.2, 0.25) is 0 Å². The van der Waals surface area contributed by atoms with E-state index in [1.807, 2.05) is 24.3 Å². The number of nitrogens with zero attached hydrogens (tertiary/aromatic N) is 2. The summed E-state index contributed by atoms with van der Waals surface area (Å²) < 4.78 is 21.6. The molecule has 1 aromatic carbocycles. The predicted molar refractivity (Wildman–Crippen MR) is 68.2 cm³/mol. The van der Waals surface area contributed by atoms with Crippen LogP contribution in [0.5, 0.6) is 0 Å². The topological polar surface area (TPSA) is 85.9 Å². The van der Waals surface area contributed by atoms with E-state index in [0.29, 0.717) is 5.75 Å². The number of sulfonamides is 1. The molecule has 0 saturated heterocycles. The zero-order chi connectivity index (χ0) is 12.3. The number of aromatic nitrogens is 2. The molecule has 0 fully saturated rings. The van der Waals surface area contributed by atoms with Gasteiger partial charge in [0.1, 0.15) is 5.03 Å². The minimum atomic E-state index is -3.42. The van der Waals surface area contributed by atoms with Gasteiger partial charge in [-0.05, 0) is 0 Å². The number of primary sulfonamides is 1. The lowest BCUT2D eigenvalue weighted by Crippen LogP contribution is -2.17. The molecule has 0 aliphatic rings. The van der Waals surface area contributed by atoms with Crippen molar-refractivity contribution >= 4 is 32.6 Å².